The quantitative estimate of drug-likeness (QED) is 0.752. The maximum absolute atomic E-state index is 6.17. The predicted octanol–water partition coefficient (Wildman–Crippen LogP) is 3.16. The van der Waals surface area contributed by atoms with Crippen LogP contribution in [0.3, 0.4) is 0 Å². The van der Waals surface area contributed by atoms with Crippen molar-refractivity contribution in [3.8, 4) is 5.75 Å². The van der Waals surface area contributed by atoms with Gasteiger partial charge in [-0.25, -0.2) is 9.97 Å². The van der Waals surface area contributed by atoms with Crippen LogP contribution in [0, 0.1) is 6.92 Å². The summed E-state index contributed by atoms with van der Waals surface area (Å²) in [4.78, 5) is 8.72. The zero-order valence-corrected chi connectivity index (χ0v) is 10.3. The highest BCUT2D eigenvalue weighted by atomic mass is 35.5. The van der Waals surface area contributed by atoms with Gasteiger partial charge in [0.05, 0.1) is 7.11 Å². The van der Waals surface area contributed by atoms with Crippen molar-refractivity contribution in [1.82, 2.24) is 9.97 Å². The molecule has 0 saturated heterocycles. The molecule has 0 saturated carbocycles. The number of hydrogen-bond acceptors (Lipinski definition) is 3. The molecule has 16 heavy (non-hydrogen) atoms. The fourth-order valence-electron chi connectivity index (χ4n) is 1.69. The van der Waals surface area contributed by atoms with Crippen LogP contribution in [0.4, 0.5) is 0 Å². The second kappa shape index (κ2) is 4.26. The van der Waals surface area contributed by atoms with Gasteiger partial charge in [0.2, 0.25) is 0 Å². The van der Waals surface area contributed by atoms with Crippen molar-refractivity contribution in [2.45, 2.75) is 20.3 Å². The molecule has 84 valence electrons. The molecule has 1 aromatic heterocycles. The molecule has 2 rings (SSSR count). The summed E-state index contributed by atoms with van der Waals surface area (Å²) >= 11 is 6.17. The van der Waals surface area contributed by atoms with Crippen LogP contribution in [0.15, 0.2) is 12.1 Å². The second-order valence-electron chi connectivity index (χ2n) is 3.59. The van der Waals surface area contributed by atoms with Gasteiger partial charge in [0, 0.05) is 11.8 Å². The summed E-state index contributed by atoms with van der Waals surface area (Å²) in [5.74, 6) is 1.47. The number of benzene rings is 1. The number of nitrogens with zero attached hydrogens (tertiary/aromatic N) is 2. The molecule has 0 bridgehead atoms. The number of methoxy groups -OCH3 is 1. The molecule has 0 amide bonds. The van der Waals surface area contributed by atoms with Gasteiger partial charge >= 0.3 is 0 Å². The Hall–Kier alpha value is -1.35. The lowest BCUT2D eigenvalue weighted by Gasteiger charge is -2.09. The van der Waals surface area contributed by atoms with E-state index in [1.165, 1.54) is 0 Å². The molecule has 0 radical (unpaired) electrons. The molecule has 0 atom stereocenters. The molecule has 0 spiro atoms. The van der Waals surface area contributed by atoms with Crippen molar-refractivity contribution in [2.24, 2.45) is 0 Å². The van der Waals surface area contributed by atoms with Gasteiger partial charge in [-0.15, -0.1) is 0 Å². The van der Waals surface area contributed by atoms with E-state index in [0.717, 1.165) is 34.5 Å². The van der Waals surface area contributed by atoms with Crippen LogP contribution in [0.2, 0.25) is 5.15 Å². The topological polar surface area (TPSA) is 35.0 Å². The molecule has 0 aliphatic carbocycles. The molecule has 1 aromatic carbocycles. The van der Waals surface area contributed by atoms with E-state index in [9.17, 15) is 0 Å². The fraction of sp³-hybridized carbons (Fsp3) is 0.333. The summed E-state index contributed by atoms with van der Waals surface area (Å²) in [5, 5.41) is 1.37. The Morgan fingerprint density at radius 3 is 2.69 bits per heavy atom. The molecule has 2 aromatic rings. The smallest absolute Gasteiger partial charge is 0.145 e. The van der Waals surface area contributed by atoms with Crippen molar-refractivity contribution in [1.29, 1.82) is 0 Å². The van der Waals surface area contributed by atoms with Crippen LogP contribution in [-0.2, 0) is 6.42 Å². The van der Waals surface area contributed by atoms with Crippen molar-refractivity contribution < 1.29 is 4.74 Å². The summed E-state index contributed by atoms with van der Waals surface area (Å²) < 4.78 is 5.29. The molecular weight excluding hydrogens is 224 g/mol. The predicted molar refractivity (Wildman–Crippen MR) is 65.2 cm³/mol. The molecule has 1 heterocycles. The lowest BCUT2D eigenvalue weighted by molar-refractivity contribution is 0.418. The number of rotatable bonds is 2. The van der Waals surface area contributed by atoms with Gasteiger partial charge in [0.1, 0.15) is 22.2 Å². The molecule has 0 N–H and O–H groups in total. The Morgan fingerprint density at radius 1 is 1.31 bits per heavy atom. The van der Waals surface area contributed by atoms with E-state index in [1.807, 2.05) is 26.0 Å². The summed E-state index contributed by atoms with van der Waals surface area (Å²) in [6, 6.07) is 3.86. The van der Waals surface area contributed by atoms with Gasteiger partial charge in [0.25, 0.3) is 0 Å². The van der Waals surface area contributed by atoms with Crippen molar-refractivity contribution in [2.75, 3.05) is 7.11 Å². The van der Waals surface area contributed by atoms with E-state index in [1.54, 1.807) is 7.11 Å². The van der Waals surface area contributed by atoms with Crippen molar-refractivity contribution in [3.05, 3.63) is 28.7 Å². The molecule has 4 heteroatoms. The van der Waals surface area contributed by atoms with Crippen LogP contribution in [0.5, 0.6) is 5.75 Å². The Balaban J connectivity index is 2.87. The lowest BCUT2D eigenvalue weighted by atomic mass is 10.1. The van der Waals surface area contributed by atoms with Gasteiger partial charge < -0.3 is 4.74 Å². The largest absolute Gasteiger partial charge is 0.494 e. The van der Waals surface area contributed by atoms with E-state index >= 15 is 0 Å². The van der Waals surface area contributed by atoms with Gasteiger partial charge in [-0.1, -0.05) is 24.6 Å². The first-order chi connectivity index (χ1) is 7.67. The van der Waals surface area contributed by atoms with E-state index in [-0.39, 0.29) is 0 Å². The van der Waals surface area contributed by atoms with Gasteiger partial charge in [-0.3, -0.25) is 0 Å². The first kappa shape index (κ1) is 11.1. The summed E-state index contributed by atoms with van der Waals surface area (Å²) in [7, 11) is 1.63. The molecule has 0 fully saturated rings. The zero-order valence-electron chi connectivity index (χ0n) is 9.54. The number of aromatic nitrogens is 2. The number of fused-ring (bicyclic) bond motifs is 1. The van der Waals surface area contributed by atoms with E-state index in [2.05, 4.69) is 9.97 Å². The third kappa shape index (κ3) is 1.71. The third-order valence-electron chi connectivity index (χ3n) is 2.56. The summed E-state index contributed by atoms with van der Waals surface area (Å²) in [6.07, 6.45) is 0.757. The van der Waals surface area contributed by atoms with Crippen LogP contribution in [0.25, 0.3) is 10.9 Å². The van der Waals surface area contributed by atoms with Crippen LogP contribution < -0.4 is 4.74 Å². The lowest BCUT2D eigenvalue weighted by Crippen LogP contribution is -1.98. The van der Waals surface area contributed by atoms with Gasteiger partial charge in [0.15, 0.2) is 0 Å². The van der Waals surface area contributed by atoms with Crippen molar-refractivity contribution in [3.63, 3.8) is 0 Å². The Labute approximate surface area is 99.4 Å². The normalized spacial score (nSPS) is 10.8. The number of aryl methyl sites for hydroxylation is 2. The minimum absolute atomic E-state index is 0.498. The van der Waals surface area contributed by atoms with Gasteiger partial charge in [-0.05, 0) is 18.6 Å². The van der Waals surface area contributed by atoms with E-state index in [4.69, 9.17) is 16.3 Å². The minimum Gasteiger partial charge on any atom is -0.494 e. The second-order valence-corrected chi connectivity index (χ2v) is 3.95. The van der Waals surface area contributed by atoms with Crippen LogP contribution in [0.1, 0.15) is 18.3 Å². The molecule has 0 unspecified atom stereocenters. The van der Waals surface area contributed by atoms with Gasteiger partial charge in [-0.2, -0.15) is 0 Å². The monoisotopic (exact) mass is 236 g/mol. The highest BCUT2D eigenvalue weighted by molar-refractivity contribution is 6.34. The minimum atomic E-state index is 0.498. The Kier molecular flexibility index (Phi) is 2.97. The number of hydrogen-bond donors (Lipinski definition) is 0. The molecule has 0 aliphatic heterocycles. The van der Waals surface area contributed by atoms with Crippen LogP contribution >= 0.6 is 11.6 Å². The summed E-state index contributed by atoms with van der Waals surface area (Å²) in [6.45, 7) is 3.99. The number of ether oxygens (including phenoxy) is 1. The number of halogens is 1. The van der Waals surface area contributed by atoms with Crippen molar-refractivity contribution >= 4 is 22.5 Å². The first-order valence-electron chi connectivity index (χ1n) is 5.17. The first-order valence-corrected chi connectivity index (χ1v) is 5.55. The summed E-state index contributed by atoms with van der Waals surface area (Å²) in [5.41, 5.74) is 1.85. The highest BCUT2D eigenvalue weighted by Crippen LogP contribution is 2.30. The van der Waals surface area contributed by atoms with E-state index < -0.39 is 0 Å². The van der Waals surface area contributed by atoms with Crippen LogP contribution in [-0.4, -0.2) is 17.1 Å². The fourth-order valence-corrected chi connectivity index (χ4v) is 2.03. The zero-order chi connectivity index (χ0) is 11.7. The molecule has 3 nitrogen and oxygen atoms in total. The molecular formula is C12H13ClN2O. The van der Waals surface area contributed by atoms with E-state index in [0.29, 0.717) is 5.15 Å². The maximum Gasteiger partial charge on any atom is 0.145 e. The third-order valence-corrected chi connectivity index (χ3v) is 2.83. The maximum atomic E-state index is 6.17. The Bertz CT molecular complexity index is 540. The highest BCUT2D eigenvalue weighted by Gasteiger charge is 2.11. The Morgan fingerprint density at radius 2 is 2.06 bits per heavy atom. The average molecular weight is 237 g/mol. The molecule has 0 aliphatic rings. The SMILES string of the molecule is CCc1nc(Cl)c2c(C)ccc(OC)c2n1. The standard InChI is InChI=1S/C12H13ClN2O/c1-4-9-14-11-8(16-3)6-5-7(2)10(11)12(13)15-9/h5-6H,4H2,1-3H3. The average Bonchev–Trinajstić information content (AvgIpc) is 2.28.